The number of carbonyl (C=O) groups is 1. The predicted molar refractivity (Wildman–Crippen MR) is 142 cm³/mol. The molecule has 1 aliphatic carbocycles. The molecule has 39 heavy (non-hydrogen) atoms. The normalized spacial score (nSPS) is 13.7. The highest BCUT2D eigenvalue weighted by molar-refractivity contribution is 5.83. The number of hydrogen-bond donors (Lipinski definition) is 1. The van der Waals surface area contributed by atoms with Crippen molar-refractivity contribution in [1.82, 2.24) is 5.32 Å². The van der Waals surface area contributed by atoms with E-state index in [0.717, 1.165) is 5.56 Å². The van der Waals surface area contributed by atoms with Gasteiger partial charge in [0.1, 0.15) is 6.61 Å². The summed E-state index contributed by atoms with van der Waals surface area (Å²) < 4.78 is 27.6. The molecule has 0 saturated heterocycles. The maximum Gasteiger partial charge on any atom is 0.407 e. The molecule has 1 atom stereocenters. The van der Waals surface area contributed by atoms with Crippen LogP contribution in [0.2, 0.25) is 0 Å². The molecule has 0 fully saturated rings. The summed E-state index contributed by atoms with van der Waals surface area (Å²) in [5, 5.41) is 13.7. The fraction of sp³-hybridized carbons (Fsp3) is 0.286. The lowest BCUT2D eigenvalue weighted by Gasteiger charge is -2.20. The van der Waals surface area contributed by atoms with Gasteiger partial charge in [-0.2, -0.15) is 0 Å². The Balaban J connectivity index is 1.72. The van der Waals surface area contributed by atoms with Crippen molar-refractivity contribution in [2.75, 3.05) is 28.4 Å². The maximum atomic E-state index is 12.9. The van der Waals surface area contributed by atoms with E-state index in [1.165, 1.54) is 58.8 Å². The Hall–Kier alpha value is -4.80. The molecular formula is C28H28N2O9. The average Bonchev–Trinajstić information content (AvgIpc) is 3.19. The molecule has 1 aliphatic rings. The van der Waals surface area contributed by atoms with Gasteiger partial charge >= 0.3 is 6.09 Å². The molecule has 1 N–H and O–H groups in total. The fourth-order valence-corrected chi connectivity index (χ4v) is 4.66. The second-order valence-corrected chi connectivity index (χ2v) is 8.69. The molecule has 1 amide bonds. The Kier molecular flexibility index (Phi) is 8.18. The number of aryl methyl sites for hydroxylation is 1. The molecule has 3 aromatic rings. The molecule has 1 unspecified atom stereocenters. The monoisotopic (exact) mass is 536 g/mol. The number of alkyl carbamates (subject to hydrolysis) is 1. The lowest BCUT2D eigenvalue weighted by atomic mass is 9.95. The maximum absolute atomic E-state index is 12.9. The van der Waals surface area contributed by atoms with Crippen LogP contribution in [0.3, 0.4) is 0 Å². The van der Waals surface area contributed by atoms with Crippen LogP contribution in [0.25, 0.3) is 11.1 Å². The van der Waals surface area contributed by atoms with Crippen LogP contribution in [0.1, 0.15) is 29.2 Å². The molecule has 0 aromatic heterocycles. The zero-order valence-electron chi connectivity index (χ0n) is 21.9. The predicted octanol–water partition coefficient (Wildman–Crippen LogP) is 4.57. The molecule has 204 valence electrons. The minimum atomic E-state index is -0.705. The number of nitro benzene ring substituents is 1. The third-order valence-corrected chi connectivity index (χ3v) is 6.53. The summed E-state index contributed by atoms with van der Waals surface area (Å²) >= 11 is 0. The van der Waals surface area contributed by atoms with E-state index in [9.17, 15) is 19.7 Å². The topological polar surface area (TPSA) is 135 Å². The summed E-state index contributed by atoms with van der Waals surface area (Å²) in [6.45, 7) is -0.0882. The highest BCUT2D eigenvalue weighted by Crippen LogP contribution is 2.50. The molecule has 11 nitrogen and oxygen atoms in total. The van der Waals surface area contributed by atoms with E-state index in [1.807, 2.05) is 6.07 Å². The highest BCUT2D eigenvalue weighted by Gasteiger charge is 2.30. The summed E-state index contributed by atoms with van der Waals surface area (Å²) in [6.07, 6.45) is 0.253. The van der Waals surface area contributed by atoms with Gasteiger partial charge in [0.2, 0.25) is 11.2 Å². The molecule has 3 aromatic carbocycles. The van der Waals surface area contributed by atoms with E-state index in [-0.39, 0.29) is 23.5 Å². The smallest absolute Gasteiger partial charge is 0.407 e. The van der Waals surface area contributed by atoms with Gasteiger partial charge in [0.25, 0.3) is 5.69 Å². The molecule has 0 aliphatic heterocycles. The average molecular weight is 537 g/mol. The van der Waals surface area contributed by atoms with Crippen molar-refractivity contribution >= 4 is 11.8 Å². The van der Waals surface area contributed by atoms with Gasteiger partial charge in [-0.25, -0.2) is 4.79 Å². The number of fused-ring (bicyclic) bond motifs is 3. The largest absolute Gasteiger partial charge is 0.493 e. The first-order valence-electron chi connectivity index (χ1n) is 12.0. The molecule has 11 heteroatoms. The number of amides is 1. The fourth-order valence-electron chi connectivity index (χ4n) is 4.66. The van der Waals surface area contributed by atoms with Gasteiger partial charge in [0.15, 0.2) is 17.2 Å². The Morgan fingerprint density at radius 2 is 1.64 bits per heavy atom. The lowest BCUT2D eigenvalue weighted by molar-refractivity contribution is -0.384. The first-order chi connectivity index (χ1) is 18.8. The minimum Gasteiger partial charge on any atom is -0.493 e. The quantitative estimate of drug-likeness (QED) is 0.324. The van der Waals surface area contributed by atoms with Crippen molar-refractivity contribution in [1.29, 1.82) is 0 Å². The summed E-state index contributed by atoms with van der Waals surface area (Å²) in [5.41, 5.74) is 2.98. The SMILES string of the molecule is COc1cc2c(c(OC)c1OC)-c1ccc(OC)c(=O)cc1C(NC(=O)OCc1ccc([N+](=O)[O-])cc1)CC2. The van der Waals surface area contributed by atoms with Crippen molar-refractivity contribution in [3.63, 3.8) is 0 Å². The Morgan fingerprint density at radius 1 is 0.949 bits per heavy atom. The third kappa shape index (κ3) is 5.57. The van der Waals surface area contributed by atoms with Crippen LogP contribution < -0.4 is 29.7 Å². The standard InChI is InChI=1S/C28H28N2O9/c1-35-23-12-10-19-20(14-22(23)31)21(29-28(32)39-15-16-5-8-18(9-6-16)30(33)34)11-7-17-13-24(36-2)26(37-3)27(38-4)25(17)19/h5-6,8-10,12-14,21H,7,11,15H2,1-4H3,(H,29,32). The van der Waals surface area contributed by atoms with E-state index < -0.39 is 17.1 Å². The minimum absolute atomic E-state index is 0.0572. The number of methoxy groups -OCH3 is 4. The number of rotatable bonds is 8. The third-order valence-electron chi connectivity index (χ3n) is 6.53. The lowest BCUT2D eigenvalue weighted by Crippen LogP contribution is -2.29. The highest BCUT2D eigenvalue weighted by atomic mass is 16.6. The zero-order chi connectivity index (χ0) is 28.1. The number of ether oxygens (including phenoxy) is 5. The molecule has 0 saturated carbocycles. The Bertz CT molecular complexity index is 1460. The van der Waals surface area contributed by atoms with Gasteiger partial charge in [0, 0.05) is 17.7 Å². The molecule has 0 bridgehead atoms. The van der Waals surface area contributed by atoms with Crippen LogP contribution in [0, 0.1) is 10.1 Å². The van der Waals surface area contributed by atoms with E-state index >= 15 is 0 Å². The van der Waals surface area contributed by atoms with Crippen molar-refractivity contribution in [3.05, 3.63) is 85.6 Å². The summed E-state index contributed by atoms with van der Waals surface area (Å²) in [5.74, 6) is 1.47. The second kappa shape index (κ2) is 11.7. The van der Waals surface area contributed by atoms with E-state index in [0.29, 0.717) is 52.3 Å². The first kappa shape index (κ1) is 27.2. The van der Waals surface area contributed by atoms with Crippen LogP contribution in [-0.4, -0.2) is 39.5 Å². The van der Waals surface area contributed by atoms with Gasteiger partial charge in [-0.15, -0.1) is 0 Å². The van der Waals surface area contributed by atoms with E-state index in [2.05, 4.69) is 5.32 Å². The van der Waals surface area contributed by atoms with Crippen LogP contribution in [0.15, 0.2) is 53.3 Å². The molecule has 0 spiro atoms. The van der Waals surface area contributed by atoms with E-state index in [4.69, 9.17) is 23.7 Å². The van der Waals surface area contributed by atoms with Crippen molar-refractivity contribution in [3.8, 4) is 34.1 Å². The van der Waals surface area contributed by atoms with Crippen molar-refractivity contribution in [2.24, 2.45) is 0 Å². The first-order valence-corrected chi connectivity index (χ1v) is 12.0. The van der Waals surface area contributed by atoms with Crippen LogP contribution >= 0.6 is 0 Å². The van der Waals surface area contributed by atoms with Crippen molar-refractivity contribution in [2.45, 2.75) is 25.5 Å². The van der Waals surface area contributed by atoms with Crippen molar-refractivity contribution < 1.29 is 33.4 Å². The number of benzene rings is 2. The number of nitrogens with zero attached hydrogens (tertiary/aromatic N) is 1. The van der Waals surface area contributed by atoms with Crippen LogP contribution in [0.5, 0.6) is 23.0 Å². The number of nitro groups is 1. The number of carbonyl (C=O) groups excluding carboxylic acids is 1. The van der Waals surface area contributed by atoms with E-state index in [1.54, 1.807) is 12.1 Å². The Labute approximate surface area is 224 Å². The zero-order valence-corrected chi connectivity index (χ0v) is 21.9. The number of non-ortho nitro benzene ring substituents is 1. The van der Waals surface area contributed by atoms with Gasteiger partial charge < -0.3 is 29.0 Å². The van der Waals surface area contributed by atoms with Crippen LogP contribution in [0.4, 0.5) is 10.5 Å². The molecule has 0 radical (unpaired) electrons. The second-order valence-electron chi connectivity index (χ2n) is 8.69. The summed E-state index contributed by atoms with van der Waals surface area (Å²) in [4.78, 5) is 36.2. The molecular weight excluding hydrogens is 508 g/mol. The molecule has 0 heterocycles. The Morgan fingerprint density at radius 3 is 2.26 bits per heavy atom. The van der Waals surface area contributed by atoms with Gasteiger partial charge in [-0.1, -0.05) is 6.07 Å². The number of nitrogens with one attached hydrogen (secondary N) is 1. The summed E-state index contributed by atoms with van der Waals surface area (Å²) in [6, 6.07) is 11.8. The van der Waals surface area contributed by atoms with Crippen LogP contribution in [-0.2, 0) is 17.8 Å². The van der Waals surface area contributed by atoms with Gasteiger partial charge in [0.05, 0.1) is 39.4 Å². The van der Waals surface area contributed by atoms with Gasteiger partial charge in [-0.3, -0.25) is 14.9 Å². The molecule has 4 rings (SSSR count). The number of hydrogen-bond acceptors (Lipinski definition) is 9. The summed E-state index contributed by atoms with van der Waals surface area (Å²) in [7, 11) is 5.99. The van der Waals surface area contributed by atoms with Gasteiger partial charge in [-0.05, 0) is 65.4 Å².